The van der Waals surface area contributed by atoms with Gasteiger partial charge in [-0.05, 0) is 0 Å². The number of rotatable bonds is 2. The molecule has 48 valence electrons. The molecule has 8 heavy (non-hydrogen) atoms. The Kier molecular flexibility index (Phi) is 3.14. The van der Waals surface area contributed by atoms with Crippen LogP contribution in [0.5, 0.6) is 0 Å². The second-order valence-electron chi connectivity index (χ2n) is 1.30. The molecule has 0 unspecified atom stereocenters. The number of carbonyl (C=O) groups excluding carboxylic acids is 1. The third kappa shape index (κ3) is 3.58. The summed E-state index contributed by atoms with van der Waals surface area (Å²) in [4.78, 5) is 14.6. The summed E-state index contributed by atoms with van der Waals surface area (Å²) in [7, 11) is 3.25. The second kappa shape index (κ2) is 3.40. The maximum absolute atomic E-state index is 10.1. The molecule has 0 saturated heterocycles. The highest BCUT2D eigenvalue weighted by atomic mass is 16.7. The van der Waals surface area contributed by atoms with E-state index in [1.54, 1.807) is 14.1 Å². The Labute approximate surface area is 48.3 Å². The predicted octanol–water partition coefficient (Wildman–Crippen LogP) is -0.469. The van der Waals surface area contributed by atoms with Gasteiger partial charge in [0.25, 0.3) is 0 Å². The van der Waals surface area contributed by atoms with Crippen LogP contribution in [0.1, 0.15) is 6.92 Å². The maximum atomic E-state index is 10.1. The van der Waals surface area contributed by atoms with E-state index in [1.807, 2.05) is 0 Å². The average molecular weight is 118 g/mol. The van der Waals surface area contributed by atoms with Gasteiger partial charge in [0.1, 0.15) is 0 Å². The molecule has 0 bridgehead atoms. The van der Waals surface area contributed by atoms with Gasteiger partial charge < -0.3 is 4.84 Å². The van der Waals surface area contributed by atoms with Crippen LogP contribution in [0.25, 0.3) is 0 Å². The van der Waals surface area contributed by atoms with Crippen molar-refractivity contribution in [2.75, 3.05) is 14.1 Å². The van der Waals surface area contributed by atoms with E-state index in [1.165, 1.54) is 12.1 Å². The normalized spacial score (nSPS) is 9.50. The van der Waals surface area contributed by atoms with Crippen LogP contribution >= 0.6 is 0 Å². The van der Waals surface area contributed by atoms with Crippen molar-refractivity contribution < 1.29 is 9.63 Å². The van der Waals surface area contributed by atoms with E-state index >= 15 is 0 Å². The largest absolute Gasteiger partial charge is 0.354 e. The lowest BCUT2D eigenvalue weighted by Crippen LogP contribution is -2.32. The van der Waals surface area contributed by atoms with Crippen LogP contribution in [-0.2, 0) is 9.63 Å². The lowest BCUT2D eigenvalue weighted by atomic mass is 10.8. The Hall–Kier alpha value is -0.610. The highest BCUT2D eigenvalue weighted by molar-refractivity contribution is 5.65. The first-order chi connectivity index (χ1) is 3.66. The molecule has 0 aliphatic heterocycles. The fourth-order valence-corrected chi connectivity index (χ4v) is 0.238. The Balaban J connectivity index is 3.24. The number of hydrazine groups is 1. The molecule has 0 aliphatic carbocycles. The molecule has 4 heteroatoms. The lowest BCUT2D eigenvalue weighted by Gasteiger charge is -2.11. The predicted molar refractivity (Wildman–Crippen MR) is 28.6 cm³/mol. The molecular formula is C4H10N2O2. The third-order valence-corrected chi connectivity index (χ3v) is 0.580. The van der Waals surface area contributed by atoms with Crippen LogP contribution in [0.4, 0.5) is 0 Å². The lowest BCUT2D eigenvalue weighted by molar-refractivity contribution is -0.193. The first-order valence-electron chi connectivity index (χ1n) is 2.26. The Morgan fingerprint density at radius 2 is 2.25 bits per heavy atom. The Morgan fingerprint density at radius 3 is 2.38 bits per heavy atom. The maximum Gasteiger partial charge on any atom is 0.323 e. The van der Waals surface area contributed by atoms with Crippen molar-refractivity contribution in [3.63, 3.8) is 0 Å². The van der Waals surface area contributed by atoms with Gasteiger partial charge in [0.2, 0.25) is 0 Å². The first kappa shape index (κ1) is 7.39. The van der Waals surface area contributed by atoms with Crippen molar-refractivity contribution in [1.29, 1.82) is 0 Å². The molecule has 4 nitrogen and oxygen atoms in total. The van der Waals surface area contributed by atoms with E-state index in [-0.39, 0.29) is 5.97 Å². The van der Waals surface area contributed by atoms with Crippen molar-refractivity contribution in [2.45, 2.75) is 6.92 Å². The molecule has 0 aromatic heterocycles. The molecule has 0 radical (unpaired) electrons. The number of carbonyl (C=O) groups is 1. The van der Waals surface area contributed by atoms with Crippen molar-refractivity contribution in [2.24, 2.45) is 0 Å². The van der Waals surface area contributed by atoms with Crippen LogP contribution < -0.4 is 5.43 Å². The van der Waals surface area contributed by atoms with Gasteiger partial charge >= 0.3 is 5.97 Å². The smallest absolute Gasteiger partial charge is 0.323 e. The first-order valence-corrected chi connectivity index (χ1v) is 2.26. The van der Waals surface area contributed by atoms with Gasteiger partial charge in [-0.25, -0.2) is 5.43 Å². The van der Waals surface area contributed by atoms with Gasteiger partial charge in [0.15, 0.2) is 0 Å². The average Bonchev–Trinajstić information content (AvgIpc) is 1.65. The minimum atomic E-state index is -0.332. The second-order valence-corrected chi connectivity index (χ2v) is 1.30. The topological polar surface area (TPSA) is 41.6 Å². The van der Waals surface area contributed by atoms with Crippen LogP contribution in [0.15, 0.2) is 0 Å². The van der Waals surface area contributed by atoms with Crippen molar-refractivity contribution in [3.05, 3.63) is 0 Å². The van der Waals surface area contributed by atoms with Crippen LogP contribution in [0, 0.1) is 0 Å². The van der Waals surface area contributed by atoms with Gasteiger partial charge in [-0.15, -0.1) is 0 Å². The van der Waals surface area contributed by atoms with E-state index in [4.69, 9.17) is 0 Å². The quantitative estimate of drug-likeness (QED) is 0.498. The highest BCUT2D eigenvalue weighted by Gasteiger charge is 1.94. The van der Waals surface area contributed by atoms with Gasteiger partial charge in [0.05, 0.1) is 0 Å². The van der Waals surface area contributed by atoms with Gasteiger partial charge in [0, 0.05) is 21.0 Å². The minimum absolute atomic E-state index is 0.332. The molecule has 0 aromatic rings. The molecule has 0 rings (SSSR count). The number of nitrogens with one attached hydrogen (secondary N) is 1. The van der Waals surface area contributed by atoms with E-state index in [2.05, 4.69) is 10.3 Å². The molecule has 0 spiro atoms. The molecule has 0 fully saturated rings. The molecule has 0 atom stereocenters. The van der Waals surface area contributed by atoms with Crippen LogP contribution in [0.3, 0.4) is 0 Å². The van der Waals surface area contributed by atoms with E-state index in [9.17, 15) is 4.79 Å². The number of hydrogen-bond donors (Lipinski definition) is 1. The molecule has 1 N–H and O–H groups in total. The number of nitrogens with zero attached hydrogens (tertiary/aromatic N) is 1. The molecule has 0 saturated carbocycles. The van der Waals surface area contributed by atoms with Crippen LogP contribution in [0.2, 0.25) is 0 Å². The van der Waals surface area contributed by atoms with E-state index in [0.29, 0.717) is 0 Å². The zero-order valence-electron chi connectivity index (χ0n) is 5.26. The summed E-state index contributed by atoms with van der Waals surface area (Å²) in [6.45, 7) is 1.34. The number of hydroxylamine groups is 1. The monoisotopic (exact) mass is 118 g/mol. The summed E-state index contributed by atoms with van der Waals surface area (Å²) in [6.07, 6.45) is 0. The molecular weight excluding hydrogens is 108 g/mol. The highest BCUT2D eigenvalue weighted by Crippen LogP contribution is 1.76. The molecule has 0 heterocycles. The third-order valence-electron chi connectivity index (χ3n) is 0.580. The minimum Gasteiger partial charge on any atom is -0.354 e. The summed E-state index contributed by atoms with van der Waals surface area (Å²) < 4.78 is 0. The van der Waals surface area contributed by atoms with Crippen molar-refractivity contribution in [3.8, 4) is 0 Å². The summed E-state index contributed by atoms with van der Waals surface area (Å²) in [5.41, 5.74) is 2.59. The molecule has 0 aliphatic rings. The summed E-state index contributed by atoms with van der Waals surface area (Å²) >= 11 is 0. The van der Waals surface area contributed by atoms with Crippen molar-refractivity contribution >= 4 is 5.97 Å². The van der Waals surface area contributed by atoms with Crippen molar-refractivity contribution in [1.82, 2.24) is 10.6 Å². The Bertz CT molecular complexity index is 84.1. The Morgan fingerprint density at radius 1 is 1.75 bits per heavy atom. The standard InChI is InChI=1S/C4H10N2O2/c1-4(7)8-6(3)5-2/h5H,1-3H3. The number of hydrogen-bond acceptors (Lipinski definition) is 4. The summed E-state index contributed by atoms with van der Waals surface area (Å²) in [5.74, 6) is -0.332. The van der Waals surface area contributed by atoms with Crippen LogP contribution in [-0.4, -0.2) is 25.2 Å². The van der Waals surface area contributed by atoms with Gasteiger partial charge in [-0.1, -0.05) is 5.17 Å². The fraction of sp³-hybridized carbons (Fsp3) is 0.750. The fourth-order valence-electron chi connectivity index (χ4n) is 0.238. The summed E-state index contributed by atoms with van der Waals surface area (Å²) in [5, 5.41) is 1.22. The SMILES string of the molecule is CNN(C)OC(C)=O. The van der Waals surface area contributed by atoms with E-state index < -0.39 is 0 Å². The molecule has 0 amide bonds. The van der Waals surface area contributed by atoms with Gasteiger partial charge in [-0.3, -0.25) is 4.79 Å². The van der Waals surface area contributed by atoms with Gasteiger partial charge in [-0.2, -0.15) is 0 Å². The zero-order chi connectivity index (χ0) is 6.57. The summed E-state index contributed by atoms with van der Waals surface area (Å²) in [6, 6.07) is 0. The molecule has 0 aromatic carbocycles. The van der Waals surface area contributed by atoms with E-state index in [0.717, 1.165) is 0 Å². The zero-order valence-corrected chi connectivity index (χ0v) is 5.26.